The molecule has 24 heavy (non-hydrogen) atoms. The van der Waals surface area contributed by atoms with Gasteiger partial charge < -0.3 is 5.32 Å². The number of aryl methyl sites for hydroxylation is 2. The fourth-order valence-corrected chi connectivity index (χ4v) is 3.45. The van der Waals surface area contributed by atoms with Gasteiger partial charge in [-0.1, -0.05) is 30.3 Å². The number of aromatic nitrogens is 4. The number of carbonyl (C=O) groups excluding carboxylic acids is 1. The molecule has 2 heterocycles. The monoisotopic (exact) mass is 323 g/mol. The maximum Gasteiger partial charge on any atom is 0.223 e. The molecule has 0 aliphatic heterocycles. The number of nitrogens with one attached hydrogen (secondary N) is 1. The molecule has 1 fully saturated rings. The van der Waals surface area contributed by atoms with Crippen molar-refractivity contribution in [1.82, 2.24) is 24.9 Å². The van der Waals surface area contributed by atoms with Gasteiger partial charge in [0.05, 0.1) is 18.4 Å². The minimum atomic E-state index is 0.116. The summed E-state index contributed by atoms with van der Waals surface area (Å²) < 4.78 is 3.75. The molecule has 0 spiro atoms. The Bertz CT molecular complexity index is 880. The second-order valence-corrected chi connectivity index (χ2v) is 6.46. The second-order valence-electron chi connectivity index (χ2n) is 6.46. The van der Waals surface area contributed by atoms with E-state index < -0.39 is 0 Å². The van der Waals surface area contributed by atoms with Crippen LogP contribution in [0.15, 0.2) is 36.5 Å². The van der Waals surface area contributed by atoms with Gasteiger partial charge >= 0.3 is 0 Å². The first-order valence-corrected chi connectivity index (χ1v) is 8.33. The number of nitrogens with zero attached hydrogens (tertiary/aromatic N) is 4. The molecule has 6 heteroatoms. The normalized spacial score (nSPS) is 19.6. The lowest BCUT2D eigenvalue weighted by Gasteiger charge is -2.06. The van der Waals surface area contributed by atoms with Crippen LogP contribution in [-0.2, 0) is 18.4 Å². The van der Waals surface area contributed by atoms with E-state index in [1.54, 1.807) is 0 Å². The summed E-state index contributed by atoms with van der Waals surface area (Å²) >= 11 is 0. The molecule has 1 amide bonds. The van der Waals surface area contributed by atoms with E-state index in [0.29, 0.717) is 19.0 Å². The molecule has 2 atom stereocenters. The van der Waals surface area contributed by atoms with Crippen molar-refractivity contribution in [2.75, 3.05) is 6.54 Å². The number of rotatable bonds is 5. The molecule has 1 aromatic carbocycles. The van der Waals surface area contributed by atoms with Crippen molar-refractivity contribution in [1.29, 1.82) is 0 Å². The molecular formula is C18H21N5O. The Morgan fingerprint density at radius 1 is 1.33 bits per heavy atom. The maximum absolute atomic E-state index is 12.3. The van der Waals surface area contributed by atoms with Crippen LogP contribution in [0.5, 0.6) is 0 Å². The lowest BCUT2D eigenvalue weighted by Crippen LogP contribution is -2.29. The Hall–Kier alpha value is -2.63. The Labute approximate surface area is 140 Å². The molecule has 1 saturated carbocycles. The van der Waals surface area contributed by atoms with Crippen LogP contribution in [0.25, 0.3) is 11.0 Å². The molecule has 6 nitrogen and oxygen atoms in total. The van der Waals surface area contributed by atoms with E-state index in [9.17, 15) is 4.79 Å². The van der Waals surface area contributed by atoms with Crippen LogP contribution in [-0.4, -0.2) is 32.0 Å². The first-order valence-electron chi connectivity index (χ1n) is 8.33. The molecule has 0 bridgehead atoms. The van der Waals surface area contributed by atoms with Gasteiger partial charge in [0.2, 0.25) is 5.91 Å². The predicted molar refractivity (Wildman–Crippen MR) is 91.5 cm³/mol. The summed E-state index contributed by atoms with van der Waals surface area (Å²) in [6.45, 7) is 3.22. The largest absolute Gasteiger partial charge is 0.354 e. The minimum Gasteiger partial charge on any atom is -0.354 e. The van der Waals surface area contributed by atoms with Gasteiger partial charge in [-0.3, -0.25) is 14.2 Å². The van der Waals surface area contributed by atoms with Crippen molar-refractivity contribution in [2.24, 2.45) is 13.0 Å². The van der Waals surface area contributed by atoms with Gasteiger partial charge in [-0.15, -0.1) is 0 Å². The molecule has 4 rings (SSSR count). The highest BCUT2D eigenvalue weighted by molar-refractivity contribution is 5.83. The summed E-state index contributed by atoms with van der Waals surface area (Å²) in [5, 5.41) is 11.9. The number of amides is 1. The van der Waals surface area contributed by atoms with Crippen molar-refractivity contribution in [2.45, 2.75) is 25.8 Å². The summed E-state index contributed by atoms with van der Waals surface area (Å²) in [5.74, 6) is 0.642. The van der Waals surface area contributed by atoms with Crippen molar-refractivity contribution in [3.8, 4) is 0 Å². The Kier molecular flexibility index (Phi) is 3.59. The fourth-order valence-electron chi connectivity index (χ4n) is 3.45. The van der Waals surface area contributed by atoms with Gasteiger partial charge in [0.15, 0.2) is 0 Å². The first-order chi connectivity index (χ1) is 11.6. The average Bonchev–Trinajstić information content (AvgIpc) is 3.20. The van der Waals surface area contributed by atoms with E-state index in [1.807, 2.05) is 47.7 Å². The molecule has 0 saturated heterocycles. The quantitative estimate of drug-likeness (QED) is 0.781. The number of fused-ring (bicyclic) bond motifs is 1. The van der Waals surface area contributed by atoms with Crippen LogP contribution in [0.2, 0.25) is 0 Å². The zero-order valence-electron chi connectivity index (χ0n) is 13.9. The predicted octanol–water partition coefficient (Wildman–Crippen LogP) is 2.00. The molecule has 1 aliphatic carbocycles. The number of benzene rings is 1. The van der Waals surface area contributed by atoms with Gasteiger partial charge in [0.1, 0.15) is 11.0 Å². The van der Waals surface area contributed by atoms with Crippen LogP contribution < -0.4 is 5.32 Å². The molecule has 0 unspecified atom stereocenters. The summed E-state index contributed by atoms with van der Waals surface area (Å²) in [6.07, 6.45) is 2.77. The van der Waals surface area contributed by atoms with Crippen molar-refractivity contribution < 1.29 is 4.79 Å². The summed E-state index contributed by atoms with van der Waals surface area (Å²) in [6, 6.07) is 10.3. The highest BCUT2D eigenvalue weighted by Crippen LogP contribution is 2.47. The zero-order valence-corrected chi connectivity index (χ0v) is 13.9. The molecule has 1 aliphatic rings. The van der Waals surface area contributed by atoms with Crippen molar-refractivity contribution >= 4 is 16.9 Å². The SMILES string of the molecule is Cc1nn(C)c2cnn(CCNC(=O)[C@@H]3C[C@@H]3c3ccccc3)c12. The van der Waals surface area contributed by atoms with Gasteiger partial charge in [-0.05, 0) is 24.8 Å². The third kappa shape index (κ3) is 2.58. The Morgan fingerprint density at radius 3 is 2.92 bits per heavy atom. The lowest BCUT2D eigenvalue weighted by atomic mass is 10.1. The number of hydrogen-bond acceptors (Lipinski definition) is 3. The van der Waals surface area contributed by atoms with Gasteiger partial charge in [0, 0.05) is 19.5 Å². The van der Waals surface area contributed by atoms with E-state index in [1.165, 1.54) is 5.56 Å². The Morgan fingerprint density at radius 2 is 2.12 bits per heavy atom. The van der Waals surface area contributed by atoms with E-state index >= 15 is 0 Å². The number of hydrogen-bond donors (Lipinski definition) is 1. The molecule has 1 N–H and O–H groups in total. The average molecular weight is 323 g/mol. The topological polar surface area (TPSA) is 64.7 Å². The van der Waals surface area contributed by atoms with Gasteiger partial charge in [-0.25, -0.2) is 0 Å². The molecular weight excluding hydrogens is 302 g/mol. The highest BCUT2D eigenvalue weighted by Gasteiger charge is 2.43. The molecule has 124 valence electrons. The van der Waals surface area contributed by atoms with Crippen molar-refractivity contribution in [3.05, 3.63) is 47.8 Å². The van der Waals surface area contributed by atoms with Gasteiger partial charge in [0.25, 0.3) is 0 Å². The Balaban J connectivity index is 1.34. The fraction of sp³-hybridized carbons (Fsp3) is 0.389. The van der Waals surface area contributed by atoms with E-state index in [0.717, 1.165) is 23.1 Å². The standard InChI is InChI=1S/C18H21N5O/c1-12-17-16(22(2)21-12)11-20-23(17)9-8-19-18(24)15-10-14(15)13-6-4-3-5-7-13/h3-7,11,14-15H,8-10H2,1-2H3,(H,19,24)/t14-,15-/m1/s1. The third-order valence-electron chi connectivity index (χ3n) is 4.79. The van der Waals surface area contributed by atoms with Crippen LogP contribution in [0.4, 0.5) is 0 Å². The van der Waals surface area contributed by atoms with E-state index in [2.05, 4.69) is 27.6 Å². The molecule has 3 aromatic rings. The van der Waals surface area contributed by atoms with Crippen LogP contribution in [0, 0.1) is 12.8 Å². The highest BCUT2D eigenvalue weighted by atomic mass is 16.2. The third-order valence-corrected chi connectivity index (χ3v) is 4.79. The minimum absolute atomic E-state index is 0.116. The summed E-state index contributed by atoms with van der Waals surface area (Å²) in [5.41, 5.74) is 4.28. The molecule has 0 radical (unpaired) electrons. The van der Waals surface area contributed by atoms with Crippen LogP contribution >= 0.6 is 0 Å². The summed E-state index contributed by atoms with van der Waals surface area (Å²) in [4.78, 5) is 12.3. The molecule has 2 aromatic heterocycles. The lowest BCUT2D eigenvalue weighted by molar-refractivity contribution is -0.122. The first kappa shape index (κ1) is 14.9. The van der Waals surface area contributed by atoms with Crippen LogP contribution in [0.3, 0.4) is 0 Å². The van der Waals surface area contributed by atoms with Crippen LogP contribution in [0.1, 0.15) is 23.6 Å². The summed E-state index contributed by atoms with van der Waals surface area (Å²) in [7, 11) is 1.92. The van der Waals surface area contributed by atoms with Crippen molar-refractivity contribution in [3.63, 3.8) is 0 Å². The number of carbonyl (C=O) groups is 1. The second kappa shape index (κ2) is 5.78. The van der Waals surface area contributed by atoms with E-state index in [4.69, 9.17) is 0 Å². The van der Waals surface area contributed by atoms with E-state index in [-0.39, 0.29) is 11.8 Å². The smallest absolute Gasteiger partial charge is 0.223 e. The van der Waals surface area contributed by atoms with Gasteiger partial charge in [-0.2, -0.15) is 10.2 Å². The maximum atomic E-state index is 12.3. The zero-order chi connectivity index (χ0) is 16.7.